The maximum absolute atomic E-state index is 5.82. The number of nitrogens with zero attached hydrogens (tertiary/aromatic N) is 2. The molecular formula is C6H3Cl2N3. The Hall–Kier alpha value is -0.800. The third-order valence-corrected chi connectivity index (χ3v) is 1.95. The fraction of sp³-hybridized carbons (Fsp3) is 0. The van der Waals surface area contributed by atoms with Gasteiger partial charge in [0.05, 0.1) is 10.4 Å². The SMILES string of the molecule is Clc1ccnc2n[nH]c(Cl)c12. The Balaban J connectivity index is 2.96. The van der Waals surface area contributed by atoms with E-state index in [0.29, 0.717) is 21.2 Å². The van der Waals surface area contributed by atoms with Crippen LogP contribution in [0.25, 0.3) is 11.0 Å². The lowest BCUT2D eigenvalue weighted by Crippen LogP contribution is -1.74. The van der Waals surface area contributed by atoms with Gasteiger partial charge in [0, 0.05) is 6.20 Å². The van der Waals surface area contributed by atoms with Crippen molar-refractivity contribution in [2.24, 2.45) is 0 Å². The van der Waals surface area contributed by atoms with E-state index >= 15 is 0 Å². The molecule has 2 aromatic heterocycles. The van der Waals surface area contributed by atoms with E-state index in [1.807, 2.05) is 0 Å². The van der Waals surface area contributed by atoms with Gasteiger partial charge in [-0.15, -0.1) is 0 Å². The normalized spacial score (nSPS) is 10.7. The van der Waals surface area contributed by atoms with Crippen molar-refractivity contribution in [1.82, 2.24) is 15.2 Å². The third-order valence-electron chi connectivity index (χ3n) is 1.36. The number of rotatable bonds is 0. The molecule has 0 aliphatic rings. The highest BCUT2D eigenvalue weighted by molar-refractivity contribution is 6.41. The van der Waals surface area contributed by atoms with Gasteiger partial charge >= 0.3 is 0 Å². The van der Waals surface area contributed by atoms with Gasteiger partial charge in [0.25, 0.3) is 0 Å². The molecule has 56 valence electrons. The second-order valence-corrected chi connectivity index (χ2v) is 2.81. The molecule has 0 amide bonds. The second-order valence-electron chi connectivity index (χ2n) is 2.03. The number of nitrogens with one attached hydrogen (secondary N) is 1. The summed E-state index contributed by atoms with van der Waals surface area (Å²) in [7, 11) is 0. The molecule has 2 aromatic rings. The molecule has 0 saturated heterocycles. The molecule has 0 spiro atoms. The summed E-state index contributed by atoms with van der Waals surface area (Å²) in [6, 6.07) is 1.67. The molecule has 0 aliphatic heterocycles. The van der Waals surface area contributed by atoms with Crippen LogP contribution in [0.3, 0.4) is 0 Å². The van der Waals surface area contributed by atoms with Gasteiger partial charge < -0.3 is 0 Å². The van der Waals surface area contributed by atoms with Crippen LogP contribution in [-0.4, -0.2) is 15.2 Å². The van der Waals surface area contributed by atoms with Crippen LogP contribution in [0.15, 0.2) is 12.3 Å². The monoisotopic (exact) mass is 187 g/mol. The maximum atomic E-state index is 5.82. The Morgan fingerprint density at radius 2 is 2.18 bits per heavy atom. The number of aromatic nitrogens is 3. The molecule has 0 atom stereocenters. The zero-order chi connectivity index (χ0) is 7.84. The van der Waals surface area contributed by atoms with Crippen LogP contribution in [0.5, 0.6) is 0 Å². The van der Waals surface area contributed by atoms with E-state index in [1.54, 1.807) is 12.3 Å². The summed E-state index contributed by atoms with van der Waals surface area (Å²) in [4.78, 5) is 3.95. The van der Waals surface area contributed by atoms with E-state index in [1.165, 1.54) is 0 Å². The lowest BCUT2D eigenvalue weighted by molar-refractivity contribution is 1.10. The smallest absolute Gasteiger partial charge is 0.183 e. The van der Waals surface area contributed by atoms with Crippen molar-refractivity contribution < 1.29 is 0 Å². The number of fused-ring (bicyclic) bond motifs is 1. The first-order valence-corrected chi connectivity index (χ1v) is 3.68. The van der Waals surface area contributed by atoms with Crippen molar-refractivity contribution in [1.29, 1.82) is 0 Å². The number of H-pyrrole nitrogens is 1. The van der Waals surface area contributed by atoms with Gasteiger partial charge in [-0.3, -0.25) is 5.10 Å². The minimum atomic E-state index is 0.429. The molecule has 0 radical (unpaired) electrons. The Kier molecular flexibility index (Phi) is 1.47. The predicted octanol–water partition coefficient (Wildman–Crippen LogP) is 2.26. The lowest BCUT2D eigenvalue weighted by atomic mass is 10.4. The molecule has 2 heterocycles. The van der Waals surface area contributed by atoms with E-state index in [2.05, 4.69) is 15.2 Å². The average molecular weight is 188 g/mol. The summed E-state index contributed by atoms with van der Waals surface area (Å²) < 4.78 is 0. The standard InChI is InChI=1S/C6H3Cl2N3/c7-3-1-2-9-6-4(3)5(8)10-11-6/h1-2H,(H,9,10,11). The van der Waals surface area contributed by atoms with Gasteiger partial charge in [-0.1, -0.05) is 23.2 Å². The molecule has 11 heavy (non-hydrogen) atoms. The first-order valence-electron chi connectivity index (χ1n) is 2.93. The molecule has 0 aromatic carbocycles. The lowest BCUT2D eigenvalue weighted by Gasteiger charge is -1.89. The van der Waals surface area contributed by atoms with Gasteiger partial charge in [0.1, 0.15) is 5.15 Å². The van der Waals surface area contributed by atoms with Crippen LogP contribution in [0.4, 0.5) is 0 Å². The summed E-state index contributed by atoms with van der Waals surface area (Å²) in [5.41, 5.74) is 0.544. The second kappa shape index (κ2) is 2.36. The van der Waals surface area contributed by atoms with Crippen molar-refractivity contribution in [2.45, 2.75) is 0 Å². The van der Waals surface area contributed by atoms with Gasteiger partial charge in [0.2, 0.25) is 0 Å². The van der Waals surface area contributed by atoms with Gasteiger partial charge in [-0.2, -0.15) is 5.10 Å². The number of pyridine rings is 1. The molecule has 0 bridgehead atoms. The number of halogens is 2. The minimum Gasteiger partial charge on any atom is -0.264 e. The largest absolute Gasteiger partial charge is 0.264 e. The molecule has 3 nitrogen and oxygen atoms in total. The van der Waals surface area contributed by atoms with Crippen LogP contribution >= 0.6 is 23.2 Å². The molecule has 0 aliphatic carbocycles. The minimum absolute atomic E-state index is 0.429. The highest BCUT2D eigenvalue weighted by atomic mass is 35.5. The first kappa shape index (κ1) is 6.88. The quantitative estimate of drug-likeness (QED) is 0.688. The van der Waals surface area contributed by atoms with Gasteiger partial charge in [0.15, 0.2) is 5.65 Å². The van der Waals surface area contributed by atoms with E-state index in [9.17, 15) is 0 Å². The van der Waals surface area contributed by atoms with Gasteiger partial charge in [-0.05, 0) is 6.07 Å². The fourth-order valence-corrected chi connectivity index (χ4v) is 1.39. The number of hydrogen-bond acceptors (Lipinski definition) is 2. The van der Waals surface area contributed by atoms with E-state index in [0.717, 1.165) is 0 Å². The van der Waals surface area contributed by atoms with Crippen molar-refractivity contribution >= 4 is 34.2 Å². The predicted molar refractivity (Wildman–Crippen MR) is 43.9 cm³/mol. The van der Waals surface area contributed by atoms with Gasteiger partial charge in [-0.25, -0.2) is 4.98 Å². The molecule has 0 fully saturated rings. The summed E-state index contributed by atoms with van der Waals surface area (Å²) in [5.74, 6) is 0. The summed E-state index contributed by atoms with van der Waals surface area (Å²) in [6.07, 6.45) is 1.59. The van der Waals surface area contributed by atoms with Crippen molar-refractivity contribution in [3.05, 3.63) is 22.4 Å². The highest BCUT2D eigenvalue weighted by Crippen LogP contribution is 2.25. The van der Waals surface area contributed by atoms with E-state index in [-0.39, 0.29) is 0 Å². The molecule has 0 saturated carbocycles. The van der Waals surface area contributed by atoms with Crippen LogP contribution in [0, 0.1) is 0 Å². The van der Waals surface area contributed by atoms with Crippen molar-refractivity contribution in [3.63, 3.8) is 0 Å². The Morgan fingerprint density at radius 3 is 2.91 bits per heavy atom. The zero-order valence-electron chi connectivity index (χ0n) is 5.31. The molecule has 0 unspecified atom stereocenters. The molecule has 1 N–H and O–H groups in total. The van der Waals surface area contributed by atoms with Crippen LogP contribution < -0.4 is 0 Å². The van der Waals surface area contributed by atoms with E-state index < -0.39 is 0 Å². The van der Waals surface area contributed by atoms with E-state index in [4.69, 9.17) is 23.2 Å². The van der Waals surface area contributed by atoms with Crippen molar-refractivity contribution in [3.8, 4) is 0 Å². The van der Waals surface area contributed by atoms with Crippen LogP contribution in [0.1, 0.15) is 0 Å². The maximum Gasteiger partial charge on any atom is 0.183 e. The topological polar surface area (TPSA) is 41.6 Å². The van der Waals surface area contributed by atoms with Crippen molar-refractivity contribution in [2.75, 3.05) is 0 Å². The molecule has 5 heteroatoms. The fourth-order valence-electron chi connectivity index (χ4n) is 0.874. The highest BCUT2D eigenvalue weighted by Gasteiger charge is 2.06. The average Bonchev–Trinajstić information content (AvgIpc) is 2.34. The summed E-state index contributed by atoms with van der Waals surface area (Å²) in [6.45, 7) is 0. The zero-order valence-corrected chi connectivity index (χ0v) is 6.82. The third kappa shape index (κ3) is 0.968. The Labute approximate surface area is 72.3 Å². The van der Waals surface area contributed by atoms with Crippen LogP contribution in [-0.2, 0) is 0 Å². The van der Waals surface area contributed by atoms with Crippen LogP contribution in [0.2, 0.25) is 10.2 Å². The number of hydrogen-bond donors (Lipinski definition) is 1. The summed E-state index contributed by atoms with van der Waals surface area (Å²) >= 11 is 11.6. The first-order chi connectivity index (χ1) is 5.29. The summed E-state index contributed by atoms with van der Waals surface area (Å²) in [5, 5.41) is 8.08. The number of aromatic amines is 1. The molecular weight excluding hydrogens is 185 g/mol. The Morgan fingerprint density at radius 1 is 1.36 bits per heavy atom. The Bertz CT molecular complexity index is 396. The molecule has 2 rings (SSSR count).